The molecule has 7 aliphatic rings. The van der Waals surface area contributed by atoms with E-state index in [-0.39, 0.29) is 10.8 Å². The standard InChI is InChI=1S/C62H57N3/c1-61(2)52-38-42(27-31-48(52)49-33-29-46(40-53(49)61)63-37-15-17-44-16-7-8-20-56(44)63)25-26-43-28-32-50-51-34-30-47(41-55(51)62(54(50)39-43)35-13-4-14-36-62)65-59-23-11-9-21-57(59)64(45-18-5-3-6-19-45)58-22-10-12-24-60(58)65/h3,5-7,9,11-12,16,18-19,21,23-34,38-41H,4,8,10,13-15,17,20,22,35-37H2,1-2H3/b26-25+. The molecular formula is C62H57N3. The molecule has 1 fully saturated rings. The minimum absolute atomic E-state index is 0.0238. The van der Waals surface area contributed by atoms with E-state index in [4.69, 9.17) is 0 Å². The molecule has 2 heterocycles. The highest BCUT2D eigenvalue weighted by Gasteiger charge is 2.45. The van der Waals surface area contributed by atoms with Gasteiger partial charge in [0.05, 0.1) is 17.1 Å². The minimum Gasteiger partial charge on any atom is -0.345 e. The molecule has 0 atom stereocenters. The Labute approximate surface area is 385 Å². The van der Waals surface area contributed by atoms with Gasteiger partial charge in [-0.05, 0) is 167 Å². The Morgan fingerprint density at radius 2 is 1.06 bits per heavy atom. The molecule has 5 aliphatic carbocycles. The lowest BCUT2D eigenvalue weighted by Crippen LogP contribution is -2.32. The van der Waals surface area contributed by atoms with Crippen molar-refractivity contribution < 1.29 is 0 Å². The largest absolute Gasteiger partial charge is 0.345 e. The number of para-hydroxylation sites is 3. The number of fused-ring (bicyclic) bond motifs is 9. The van der Waals surface area contributed by atoms with Gasteiger partial charge in [-0.25, -0.2) is 0 Å². The summed E-state index contributed by atoms with van der Waals surface area (Å²) in [5.41, 5.74) is 26.1. The molecule has 6 aromatic rings. The van der Waals surface area contributed by atoms with Gasteiger partial charge >= 0.3 is 0 Å². The van der Waals surface area contributed by atoms with Crippen LogP contribution in [0.1, 0.15) is 118 Å². The van der Waals surface area contributed by atoms with Crippen LogP contribution in [-0.4, -0.2) is 6.54 Å². The third-order valence-corrected chi connectivity index (χ3v) is 16.2. The summed E-state index contributed by atoms with van der Waals surface area (Å²) < 4.78 is 0. The molecule has 6 aromatic carbocycles. The molecule has 0 radical (unpaired) electrons. The highest BCUT2D eigenvalue weighted by Crippen LogP contribution is 2.58. The molecule has 2 aliphatic heterocycles. The second-order valence-corrected chi connectivity index (χ2v) is 20.1. The van der Waals surface area contributed by atoms with Gasteiger partial charge in [0.25, 0.3) is 0 Å². The van der Waals surface area contributed by atoms with Gasteiger partial charge in [-0.1, -0.05) is 142 Å². The van der Waals surface area contributed by atoms with Crippen LogP contribution < -0.4 is 14.7 Å². The third-order valence-electron chi connectivity index (χ3n) is 16.2. The van der Waals surface area contributed by atoms with Gasteiger partial charge in [-0.15, -0.1) is 0 Å². The van der Waals surface area contributed by atoms with Crippen molar-refractivity contribution in [3.63, 3.8) is 0 Å². The number of nitrogens with zero attached hydrogens (tertiary/aromatic N) is 3. The van der Waals surface area contributed by atoms with Crippen LogP contribution in [0.4, 0.5) is 28.4 Å². The fraction of sp³-hybridized carbons (Fsp3) is 0.258. The molecule has 0 amide bonds. The summed E-state index contributed by atoms with van der Waals surface area (Å²) >= 11 is 0. The number of hydrogen-bond donors (Lipinski definition) is 0. The van der Waals surface area contributed by atoms with Crippen molar-refractivity contribution >= 4 is 40.6 Å². The molecule has 1 saturated carbocycles. The number of allylic oxidation sites excluding steroid dienone is 7. The van der Waals surface area contributed by atoms with Gasteiger partial charge in [0.1, 0.15) is 0 Å². The summed E-state index contributed by atoms with van der Waals surface area (Å²) in [6.07, 6.45) is 27.2. The number of rotatable bonds is 5. The van der Waals surface area contributed by atoms with Crippen LogP contribution in [0.3, 0.4) is 0 Å². The summed E-state index contributed by atoms with van der Waals surface area (Å²) in [6, 6.07) is 49.1. The van der Waals surface area contributed by atoms with E-state index in [2.05, 4.69) is 192 Å². The first-order chi connectivity index (χ1) is 32.0. The highest BCUT2D eigenvalue weighted by atomic mass is 15.3. The summed E-state index contributed by atoms with van der Waals surface area (Å²) in [6.45, 7) is 5.97. The smallest absolute Gasteiger partial charge is 0.0703 e. The molecule has 320 valence electrons. The third kappa shape index (κ3) is 6.00. The van der Waals surface area contributed by atoms with Crippen molar-refractivity contribution in [2.24, 2.45) is 0 Å². The van der Waals surface area contributed by atoms with E-state index in [9.17, 15) is 0 Å². The van der Waals surface area contributed by atoms with Gasteiger partial charge in [0.2, 0.25) is 0 Å². The van der Waals surface area contributed by atoms with Crippen LogP contribution in [0.25, 0.3) is 34.4 Å². The quantitative estimate of drug-likeness (QED) is 0.160. The molecular weight excluding hydrogens is 787 g/mol. The van der Waals surface area contributed by atoms with Crippen LogP contribution in [0.2, 0.25) is 0 Å². The summed E-state index contributed by atoms with van der Waals surface area (Å²) in [5, 5.41) is 0. The lowest BCUT2D eigenvalue weighted by Gasteiger charge is -2.43. The molecule has 3 heteroatoms. The first-order valence-corrected chi connectivity index (χ1v) is 24.5. The van der Waals surface area contributed by atoms with Crippen LogP contribution >= 0.6 is 0 Å². The van der Waals surface area contributed by atoms with Crippen molar-refractivity contribution in [3.05, 3.63) is 208 Å². The van der Waals surface area contributed by atoms with Crippen LogP contribution in [0.5, 0.6) is 0 Å². The zero-order valence-corrected chi connectivity index (χ0v) is 37.9. The molecule has 0 saturated heterocycles. The lowest BCUT2D eigenvalue weighted by atomic mass is 9.67. The maximum absolute atomic E-state index is 2.62. The van der Waals surface area contributed by atoms with E-state index in [0.717, 1.165) is 32.2 Å². The molecule has 0 N–H and O–H groups in total. The number of hydrogen-bond acceptors (Lipinski definition) is 3. The van der Waals surface area contributed by atoms with E-state index < -0.39 is 0 Å². The zero-order valence-electron chi connectivity index (χ0n) is 37.9. The average molecular weight is 844 g/mol. The SMILES string of the molecule is CC1(C)c2cc(/C=C/c3ccc4c(c3)C3(CCCCC3)c3cc(N5C6=C(CCC=C6)N(c6ccccc6)c6ccccc65)ccc3-4)ccc2-c2ccc(N3CCCC4=C3CCC=C4)cc21. The predicted molar refractivity (Wildman–Crippen MR) is 273 cm³/mol. The first kappa shape index (κ1) is 38.8. The molecule has 1 spiro atoms. The maximum Gasteiger partial charge on any atom is 0.0703 e. The van der Waals surface area contributed by atoms with Gasteiger partial charge in [-0.2, -0.15) is 0 Å². The highest BCUT2D eigenvalue weighted by molar-refractivity contribution is 5.93. The Hall–Kier alpha value is -6.58. The average Bonchev–Trinajstić information content (AvgIpc) is 3.74. The molecule has 0 aromatic heterocycles. The Morgan fingerprint density at radius 1 is 0.477 bits per heavy atom. The Kier molecular flexibility index (Phi) is 8.96. The molecule has 0 unspecified atom stereocenters. The molecule has 0 bridgehead atoms. The fourth-order valence-electron chi connectivity index (χ4n) is 13.1. The van der Waals surface area contributed by atoms with E-state index in [1.807, 2.05) is 0 Å². The maximum atomic E-state index is 2.62. The lowest BCUT2D eigenvalue weighted by molar-refractivity contribution is 0.353. The van der Waals surface area contributed by atoms with Gasteiger partial charge in [-0.3, -0.25) is 0 Å². The van der Waals surface area contributed by atoms with Gasteiger partial charge in [0.15, 0.2) is 0 Å². The normalized spacial score (nSPS) is 19.6. The zero-order chi connectivity index (χ0) is 43.3. The first-order valence-electron chi connectivity index (χ1n) is 24.5. The van der Waals surface area contributed by atoms with Crippen LogP contribution in [-0.2, 0) is 10.8 Å². The second kappa shape index (κ2) is 15.0. The van der Waals surface area contributed by atoms with Crippen molar-refractivity contribution in [1.82, 2.24) is 0 Å². The minimum atomic E-state index is -0.0709. The van der Waals surface area contributed by atoms with Crippen LogP contribution in [0, 0.1) is 0 Å². The Bertz CT molecular complexity index is 3090. The van der Waals surface area contributed by atoms with Crippen LogP contribution in [0.15, 0.2) is 174 Å². The summed E-state index contributed by atoms with van der Waals surface area (Å²) in [4.78, 5) is 7.68. The monoisotopic (exact) mass is 843 g/mol. The van der Waals surface area contributed by atoms with E-state index in [0.29, 0.717) is 0 Å². The van der Waals surface area contributed by atoms with Crippen molar-refractivity contribution in [1.29, 1.82) is 0 Å². The second-order valence-electron chi connectivity index (χ2n) is 20.1. The number of benzene rings is 6. The van der Waals surface area contributed by atoms with E-state index >= 15 is 0 Å². The van der Waals surface area contributed by atoms with E-state index in [1.165, 1.54) is 140 Å². The summed E-state index contributed by atoms with van der Waals surface area (Å²) in [7, 11) is 0. The Morgan fingerprint density at radius 3 is 1.82 bits per heavy atom. The Balaban J connectivity index is 0.829. The fourth-order valence-corrected chi connectivity index (χ4v) is 13.1. The molecule has 65 heavy (non-hydrogen) atoms. The van der Waals surface area contributed by atoms with Crippen molar-refractivity contribution in [3.8, 4) is 22.3 Å². The molecule has 3 nitrogen and oxygen atoms in total. The van der Waals surface area contributed by atoms with Gasteiger partial charge < -0.3 is 14.7 Å². The van der Waals surface area contributed by atoms with Gasteiger partial charge in [0, 0.05) is 45.8 Å². The number of anilines is 5. The summed E-state index contributed by atoms with van der Waals surface area (Å²) in [5.74, 6) is 0. The van der Waals surface area contributed by atoms with Crippen molar-refractivity contribution in [2.75, 3.05) is 21.2 Å². The van der Waals surface area contributed by atoms with E-state index in [1.54, 1.807) is 11.3 Å². The predicted octanol–water partition coefficient (Wildman–Crippen LogP) is 16.4. The van der Waals surface area contributed by atoms with Crippen molar-refractivity contribution in [2.45, 2.75) is 95.3 Å². The topological polar surface area (TPSA) is 9.72 Å². The molecule has 13 rings (SSSR count).